The fraction of sp³-hybridized carbons (Fsp3) is 0.556. The molecule has 1 aromatic carbocycles. The monoisotopic (exact) mass is 331 g/mol. The summed E-state index contributed by atoms with van der Waals surface area (Å²) in [5, 5.41) is 5.85. The molecule has 6 nitrogen and oxygen atoms in total. The summed E-state index contributed by atoms with van der Waals surface area (Å²) in [5.74, 6) is 0.231. The highest BCUT2D eigenvalue weighted by atomic mass is 16.5. The molecular weight excluding hydrogens is 306 g/mol. The first-order chi connectivity index (χ1) is 11.6. The number of likely N-dealkylation sites (tertiary alicyclic amines) is 1. The van der Waals surface area contributed by atoms with Gasteiger partial charge in [0.2, 0.25) is 5.91 Å². The Balaban J connectivity index is 1.42. The van der Waals surface area contributed by atoms with Gasteiger partial charge >= 0.3 is 6.03 Å². The van der Waals surface area contributed by atoms with Crippen molar-refractivity contribution in [3.63, 3.8) is 0 Å². The Bertz CT molecular complexity index is 574. The standard InChI is InChI=1S/C18H25N3O3/c1-13-2-4-15(5-3-13)19-18(23)20-16-6-9-21(10-7-16)17(22)14-8-11-24-12-14/h2-5,14,16H,6-12H2,1H3,(H2,19,20,23)/t14-/m1/s1. The van der Waals surface area contributed by atoms with E-state index in [4.69, 9.17) is 4.74 Å². The summed E-state index contributed by atoms with van der Waals surface area (Å²) in [6.45, 7) is 4.65. The Morgan fingerprint density at radius 3 is 2.46 bits per heavy atom. The number of hydrogen-bond donors (Lipinski definition) is 2. The first kappa shape index (κ1) is 16.8. The summed E-state index contributed by atoms with van der Waals surface area (Å²) >= 11 is 0. The third-order valence-electron chi connectivity index (χ3n) is 4.73. The first-order valence-electron chi connectivity index (χ1n) is 8.62. The lowest BCUT2D eigenvalue weighted by Gasteiger charge is -2.33. The Morgan fingerprint density at radius 1 is 1.12 bits per heavy atom. The van der Waals surface area contributed by atoms with Crippen molar-refractivity contribution in [1.82, 2.24) is 10.2 Å². The van der Waals surface area contributed by atoms with Gasteiger partial charge in [-0.25, -0.2) is 4.79 Å². The van der Waals surface area contributed by atoms with Gasteiger partial charge in [0, 0.05) is 31.4 Å². The van der Waals surface area contributed by atoms with Gasteiger partial charge in [-0.15, -0.1) is 0 Å². The molecule has 0 bridgehead atoms. The minimum Gasteiger partial charge on any atom is -0.381 e. The van der Waals surface area contributed by atoms with Crippen LogP contribution in [0.3, 0.4) is 0 Å². The van der Waals surface area contributed by atoms with E-state index in [0.29, 0.717) is 26.3 Å². The quantitative estimate of drug-likeness (QED) is 0.891. The van der Waals surface area contributed by atoms with Crippen molar-refractivity contribution in [2.75, 3.05) is 31.6 Å². The Labute approximate surface area is 142 Å². The van der Waals surface area contributed by atoms with Crippen molar-refractivity contribution in [2.45, 2.75) is 32.2 Å². The van der Waals surface area contributed by atoms with E-state index in [1.165, 1.54) is 0 Å². The van der Waals surface area contributed by atoms with Gasteiger partial charge < -0.3 is 20.3 Å². The van der Waals surface area contributed by atoms with E-state index in [-0.39, 0.29) is 23.9 Å². The molecule has 6 heteroatoms. The maximum Gasteiger partial charge on any atom is 0.319 e. The lowest BCUT2D eigenvalue weighted by atomic mass is 10.0. The highest BCUT2D eigenvalue weighted by Gasteiger charge is 2.30. The number of urea groups is 1. The molecule has 0 aliphatic carbocycles. The van der Waals surface area contributed by atoms with Crippen LogP contribution >= 0.6 is 0 Å². The highest BCUT2D eigenvalue weighted by molar-refractivity contribution is 5.89. The number of aryl methyl sites for hydroxylation is 1. The fourth-order valence-electron chi connectivity index (χ4n) is 3.22. The largest absolute Gasteiger partial charge is 0.381 e. The maximum absolute atomic E-state index is 12.3. The van der Waals surface area contributed by atoms with Crippen LogP contribution in [-0.2, 0) is 9.53 Å². The topological polar surface area (TPSA) is 70.7 Å². The Morgan fingerprint density at radius 2 is 1.83 bits per heavy atom. The Hall–Kier alpha value is -2.08. The molecule has 1 aromatic rings. The maximum atomic E-state index is 12.3. The molecule has 3 rings (SSSR count). The van der Waals surface area contributed by atoms with E-state index in [0.717, 1.165) is 30.5 Å². The second-order valence-electron chi connectivity index (χ2n) is 6.62. The molecule has 2 aliphatic rings. The number of nitrogens with one attached hydrogen (secondary N) is 2. The van der Waals surface area contributed by atoms with Crippen molar-refractivity contribution in [2.24, 2.45) is 5.92 Å². The van der Waals surface area contributed by atoms with E-state index in [1.807, 2.05) is 36.1 Å². The van der Waals surface area contributed by atoms with Crippen LogP contribution in [0.5, 0.6) is 0 Å². The number of carbonyl (C=O) groups is 2. The van der Waals surface area contributed by atoms with Gasteiger partial charge in [0.25, 0.3) is 0 Å². The summed E-state index contributed by atoms with van der Waals surface area (Å²) in [4.78, 5) is 26.3. The molecular formula is C18H25N3O3. The van der Waals surface area contributed by atoms with Gasteiger partial charge in [0.15, 0.2) is 0 Å². The fourth-order valence-corrected chi connectivity index (χ4v) is 3.22. The summed E-state index contributed by atoms with van der Waals surface area (Å²) < 4.78 is 5.29. The third-order valence-corrected chi connectivity index (χ3v) is 4.73. The number of rotatable bonds is 3. The van der Waals surface area contributed by atoms with Crippen molar-refractivity contribution in [3.05, 3.63) is 29.8 Å². The number of anilines is 1. The summed E-state index contributed by atoms with van der Waals surface area (Å²) in [5.41, 5.74) is 1.94. The molecule has 0 unspecified atom stereocenters. The van der Waals surface area contributed by atoms with Crippen LogP contribution in [0.2, 0.25) is 0 Å². The van der Waals surface area contributed by atoms with Crippen LogP contribution < -0.4 is 10.6 Å². The van der Waals surface area contributed by atoms with Crippen LogP contribution in [-0.4, -0.2) is 49.2 Å². The van der Waals surface area contributed by atoms with Crippen LogP contribution in [0, 0.1) is 12.8 Å². The number of nitrogens with zero attached hydrogens (tertiary/aromatic N) is 1. The van der Waals surface area contributed by atoms with E-state index < -0.39 is 0 Å². The lowest BCUT2D eigenvalue weighted by Crippen LogP contribution is -2.49. The molecule has 1 atom stereocenters. The molecule has 2 fully saturated rings. The molecule has 130 valence electrons. The lowest BCUT2D eigenvalue weighted by molar-refractivity contribution is -0.136. The molecule has 2 aliphatic heterocycles. The molecule has 0 saturated carbocycles. The van der Waals surface area contributed by atoms with Crippen molar-refractivity contribution in [3.8, 4) is 0 Å². The van der Waals surface area contributed by atoms with Crippen LogP contribution in [0.1, 0.15) is 24.8 Å². The van der Waals surface area contributed by atoms with Gasteiger partial charge in [0.1, 0.15) is 0 Å². The van der Waals surface area contributed by atoms with Gasteiger partial charge in [0.05, 0.1) is 12.5 Å². The number of hydrogen-bond acceptors (Lipinski definition) is 3. The number of carbonyl (C=O) groups excluding carboxylic acids is 2. The zero-order chi connectivity index (χ0) is 16.9. The average Bonchev–Trinajstić information content (AvgIpc) is 3.11. The third kappa shape index (κ3) is 4.26. The zero-order valence-corrected chi connectivity index (χ0v) is 14.1. The van der Waals surface area contributed by atoms with Crippen LogP contribution in [0.4, 0.5) is 10.5 Å². The molecule has 2 N–H and O–H groups in total. The van der Waals surface area contributed by atoms with E-state index in [9.17, 15) is 9.59 Å². The molecule has 0 radical (unpaired) electrons. The average molecular weight is 331 g/mol. The molecule has 0 aromatic heterocycles. The van der Waals surface area contributed by atoms with Gasteiger partial charge in [-0.1, -0.05) is 17.7 Å². The predicted molar refractivity (Wildman–Crippen MR) is 91.9 cm³/mol. The van der Waals surface area contributed by atoms with Crippen molar-refractivity contribution < 1.29 is 14.3 Å². The van der Waals surface area contributed by atoms with Gasteiger partial charge in [-0.3, -0.25) is 4.79 Å². The van der Waals surface area contributed by atoms with Crippen LogP contribution in [0.25, 0.3) is 0 Å². The smallest absolute Gasteiger partial charge is 0.319 e. The van der Waals surface area contributed by atoms with Gasteiger partial charge in [-0.2, -0.15) is 0 Å². The van der Waals surface area contributed by atoms with E-state index >= 15 is 0 Å². The highest BCUT2D eigenvalue weighted by Crippen LogP contribution is 2.19. The SMILES string of the molecule is Cc1ccc(NC(=O)NC2CCN(C(=O)[C@@H]3CCOC3)CC2)cc1. The second-order valence-corrected chi connectivity index (χ2v) is 6.62. The molecule has 24 heavy (non-hydrogen) atoms. The first-order valence-corrected chi connectivity index (χ1v) is 8.62. The molecule has 2 heterocycles. The van der Waals surface area contributed by atoms with Crippen LogP contribution in [0.15, 0.2) is 24.3 Å². The summed E-state index contributed by atoms with van der Waals surface area (Å²) in [6.07, 6.45) is 2.41. The van der Waals surface area contributed by atoms with Crippen molar-refractivity contribution >= 4 is 17.6 Å². The molecule has 2 saturated heterocycles. The summed E-state index contributed by atoms with van der Waals surface area (Å²) in [6, 6.07) is 7.63. The number of benzene rings is 1. The predicted octanol–water partition coefficient (Wildman–Crippen LogP) is 2.14. The summed E-state index contributed by atoms with van der Waals surface area (Å²) in [7, 11) is 0. The number of ether oxygens (including phenoxy) is 1. The number of amides is 3. The van der Waals surface area contributed by atoms with E-state index in [2.05, 4.69) is 10.6 Å². The minimum atomic E-state index is -0.187. The van der Waals surface area contributed by atoms with E-state index in [1.54, 1.807) is 0 Å². The molecule has 0 spiro atoms. The second kappa shape index (κ2) is 7.66. The van der Waals surface area contributed by atoms with Crippen molar-refractivity contribution in [1.29, 1.82) is 0 Å². The minimum absolute atomic E-state index is 0.0272. The van der Waals surface area contributed by atoms with Gasteiger partial charge in [-0.05, 0) is 38.3 Å². The number of piperidine rings is 1. The molecule has 3 amide bonds. The Kier molecular flexibility index (Phi) is 5.35. The zero-order valence-electron chi connectivity index (χ0n) is 14.1. The normalized spacial score (nSPS) is 21.5.